The maximum atomic E-state index is 13.5. The fraction of sp³-hybridized carbons (Fsp3) is 0.200. The highest BCUT2D eigenvalue weighted by atomic mass is 32.1. The maximum absolute atomic E-state index is 13.5. The molecule has 4 amide bonds. The van der Waals surface area contributed by atoms with Crippen molar-refractivity contribution in [3.63, 3.8) is 0 Å². The Morgan fingerprint density at radius 3 is 2.75 bits per heavy atom. The van der Waals surface area contributed by atoms with Crippen molar-refractivity contribution >= 4 is 56.5 Å². The van der Waals surface area contributed by atoms with Gasteiger partial charge >= 0.3 is 6.03 Å². The van der Waals surface area contributed by atoms with Gasteiger partial charge in [-0.25, -0.2) is 9.78 Å². The van der Waals surface area contributed by atoms with Crippen molar-refractivity contribution in [1.82, 2.24) is 15.2 Å². The molecule has 6 rings (SSSR count). The van der Waals surface area contributed by atoms with Crippen LogP contribution < -0.4 is 20.3 Å². The predicted octanol–water partition coefficient (Wildman–Crippen LogP) is 5.99. The van der Waals surface area contributed by atoms with Crippen molar-refractivity contribution in [3.8, 4) is 11.5 Å². The summed E-state index contributed by atoms with van der Waals surface area (Å²) in [5, 5.41) is 6.71. The van der Waals surface area contributed by atoms with Crippen molar-refractivity contribution in [2.45, 2.75) is 25.8 Å². The van der Waals surface area contributed by atoms with Crippen LogP contribution in [-0.2, 0) is 4.79 Å². The lowest BCUT2D eigenvalue weighted by molar-refractivity contribution is -0.127. The van der Waals surface area contributed by atoms with Gasteiger partial charge in [-0.15, -0.1) is 11.3 Å². The fourth-order valence-electron chi connectivity index (χ4n) is 5.23. The minimum Gasteiger partial charge on any atom is -0.457 e. The van der Waals surface area contributed by atoms with Gasteiger partial charge in [-0.1, -0.05) is 24.8 Å². The summed E-state index contributed by atoms with van der Waals surface area (Å²) in [4.78, 5) is 47.8. The number of hydrogen-bond donors (Lipinski definition) is 2. The molecule has 0 unspecified atom stereocenters. The SMILES string of the molecule is C=CC(=O)N1CCC[C@H](NC(=O)c2sc3nccc4c3c2NC(=O)N4c2ccc(Oc3ccccc3)cc2C)C1. The smallest absolute Gasteiger partial charge is 0.331 e. The third kappa shape index (κ3) is 4.66. The minimum absolute atomic E-state index is 0.146. The van der Waals surface area contributed by atoms with Crippen molar-refractivity contribution in [2.24, 2.45) is 0 Å². The normalized spacial score (nSPS) is 16.4. The van der Waals surface area contributed by atoms with E-state index in [1.165, 1.54) is 17.4 Å². The first-order valence-electron chi connectivity index (χ1n) is 13.0. The van der Waals surface area contributed by atoms with Crippen LogP contribution in [0, 0.1) is 6.92 Å². The largest absolute Gasteiger partial charge is 0.457 e. The molecule has 0 spiro atoms. The van der Waals surface area contributed by atoms with E-state index in [1.807, 2.05) is 55.5 Å². The van der Waals surface area contributed by atoms with E-state index in [1.54, 1.807) is 22.1 Å². The van der Waals surface area contributed by atoms with Crippen molar-refractivity contribution in [3.05, 3.63) is 83.9 Å². The van der Waals surface area contributed by atoms with Gasteiger partial charge in [0.25, 0.3) is 5.91 Å². The first kappa shape index (κ1) is 25.6. The number of piperidine rings is 1. The number of anilines is 3. The number of pyridine rings is 1. The van der Waals surface area contributed by atoms with E-state index in [0.29, 0.717) is 51.0 Å². The van der Waals surface area contributed by atoms with Crippen molar-refractivity contribution < 1.29 is 19.1 Å². The number of benzene rings is 2. The quantitative estimate of drug-likeness (QED) is 0.286. The summed E-state index contributed by atoms with van der Waals surface area (Å²) in [5.41, 5.74) is 2.65. The number of likely N-dealkylation sites (tertiary alicyclic amines) is 1. The van der Waals surface area contributed by atoms with E-state index in [4.69, 9.17) is 4.74 Å². The molecule has 2 aromatic carbocycles. The van der Waals surface area contributed by atoms with Gasteiger partial charge in [-0.3, -0.25) is 14.5 Å². The molecule has 0 saturated carbocycles. The average molecular weight is 554 g/mol. The summed E-state index contributed by atoms with van der Waals surface area (Å²) in [6.07, 6.45) is 4.49. The summed E-state index contributed by atoms with van der Waals surface area (Å²) in [6.45, 7) is 6.54. The second-order valence-electron chi connectivity index (χ2n) is 9.75. The first-order chi connectivity index (χ1) is 19.4. The number of thiophene rings is 1. The summed E-state index contributed by atoms with van der Waals surface area (Å²) in [5.74, 6) is 0.945. The Hall–Kier alpha value is -4.70. The summed E-state index contributed by atoms with van der Waals surface area (Å²) >= 11 is 1.24. The highest BCUT2D eigenvalue weighted by Gasteiger charge is 2.34. The van der Waals surface area contributed by atoms with Crippen LogP contribution in [0.3, 0.4) is 0 Å². The van der Waals surface area contributed by atoms with Gasteiger partial charge in [0.1, 0.15) is 21.2 Å². The Labute approximate surface area is 235 Å². The summed E-state index contributed by atoms with van der Waals surface area (Å²) in [6, 6.07) is 16.3. The third-order valence-corrected chi connectivity index (χ3v) is 8.18. The molecule has 1 atom stereocenters. The number of para-hydroxylation sites is 1. The Kier molecular flexibility index (Phi) is 6.69. The Morgan fingerprint density at radius 2 is 1.98 bits per heavy atom. The lowest BCUT2D eigenvalue weighted by Crippen LogP contribution is -2.49. The molecule has 4 heterocycles. The summed E-state index contributed by atoms with van der Waals surface area (Å²) in [7, 11) is 0. The van der Waals surface area contributed by atoms with Crippen LogP contribution in [0.25, 0.3) is 10.2 Å². The fourth-order valence-corrected chi connectivity index (χ4v) is 6.25. The number of ether oxygens (including phenoxy) is 1. The van der Waals surface area contributed by atoms with Crippen LogP contribution >= 0.6 is 11.3 Å². The van der Waals surface area contributed by atoms with Gasteiger partial charge in [-0.05, 0) is 67.8 Å². The van der Waals surface area contributed by atoms with Crippen LogP contribution in [-0.4, -0.2) is 46.9 Å². The number of nitrogens with one attached hydrogen (secondary N) is 2. The molecule has 40 heavy (non-hydrogen) atoms. The number of nitrogens with zero attached hydrogens (tertiary/aromatic N) is 3. The van der Waals surface area contributed by atoms with Crippen LogP contribution in [0.1, 0.15) is 28.1 Å². The molecule has 1 saturated heterocycles. The molecule has 0 aliphatic carbocycles. The van der Waals surface area contributed by atoms with Gasteiger partial charge in [0, 0.05) is 25.3 Å². The molecule has 9 nitrogen and oxygen atoms in total. The van der Waals surface area contributed by atoms with Gasteiger partial charge in [0.05, 0.1) is 22.4 Å². The zero-order valence-electron chi connectivity index (χ0n) is 21.8. The second-order valence-corrected chi connectivity index (χ2v) is 10.7. The van der Waals surface area contributed by atoms with Gasteiger partial charge < -0.3 is 20.3 Å². The highest BCUT2D eigenvalue weighted by molar-refractivity contribution is 7.21. The maximum Gasteiger partial charge on any atom is 0.331 e. The van der Waals surface area contributed by atoms with Gasteiger partial charge in [0.2, 0.25) is 5.91 Å². The zero-order chi connectivity index (χ0) is 27.8. The topological polar surface area (TPSA) is 104 Å². The van der Waals surface area contributed by atoms with Crippen LogP contribution in [0.15, 0.2) is 73.4 Å². The number of aromatic nitrogens is 1. The predicted molar refractivity (Wildman–Crippen MR) is 156 cm³/mol. The molecule has 202 valence electrons. The molecule has 1 fully saturated rings. The number of aryl methyl sites for hydroxylation is 1. The van der Waals surface area contributed by atoms with Crippen LogP contribution in [0.2, 0.25) is 0 Å². The zero-order valence-corrected chi connectivity index (χ0v) is 22.7. The standard InChI is InChI=1S/C30H27N5O4S/c1-3-24(36)34-15-7-8-19(17-34)32-28(37)27-26-25-23(13-14-31-29(25)40-27)35(30(38)33-26)22-12-11-21(16-18(22)2)39-20-9-5-4-6-10-20/h3-6,9-14,16,19H,1,7-8,15,17H2,2H3,(H,32,37)(H,33,38)/t19-/m0/s1. The van der Waals surface area contributed by atoms with Crippen LogP contribution in [0.4, 0.5) is 21.9 Å². The molecular formula is C30H27N5O4S. The lowest BCUT2D eigenvalue weighted by Gasteiger charge is -2.32. The third-order valence-electron chi connectivity index (χ3n) is 7.08. The Morgan fingerprint density at radius 1 is 1.15 bits per heavy atom. The Bertz CT molecular complexity index is 1650. The first-order valence-corrected chi connectivity index (χ1v) is 13.8. The Balaban J connectivity index is 1.29. The highest BCUT2D eigenvalue weighted by Crippen LogP contribution is 2.46. The number of rotatable bonds is 6. The lowest BCUT2D eigenvalue weighted by atomic mass is 10.1. The van der Waals surface area contributed by atoms with Gasteiger partial charge in [-0.2, -0.15) is 0 Å². The number of urea groups is 1. The molecule has 2 N–H and O–H groups in total. The number of carbonyl (C=O) groups excluding carboxylic acids is 3. The van der Waals surface area contributed by atoms with E-state index in [9.17, 15) is 14.4 Å². The van der Waals surface area contributed by atoms with E-state index in [0.717, 1.165) is 24.2 Å². The monoisotopic (exact) mass is 553 g/mol. The summed E-state index contributed by atoms with van der Waals surface area (Å²) < 4.78 is 5.96. The van der Waals surface area contributed by atoms with Gasteiger partial charge in [0.15, 0.2) is 0 Å². The van der Waals surface area contributed by atoms with E-state index < -0.39 is 0 Å². The average Bonchev–Trinajstić information content (AvgIpc) is 3.33. The molecule has 4 aromatic rings. The van der Waals surface area contributed by atoms with Crippen molar-refractivity contribution in [2.75, 3.05) is 23.3 Å². The minimum atomic E-state index is -0.368. The van der Waals surface area contributed by atoms with E-state index in [2.05, 4.69) is 22.2 Å². The van der Waals surface area contributed by atoms with E-state index >= 15 is 0 Å². The molecular weight excluding hydrogens is 526 g/mol. The number of hydrogen-bond acceptors (Lipinski definition) is 6. The van der Waals surface area contributed by atoms with Crippen LogP contribution in [0.5, 0.6) is 11.5 Å². The molecule has 0 bridgehead atoms. The number of carbonyl (C=O) groups is 3. The molecule has 2 aliphatic rings. The number of amides is 4. The van der Waals surface area contributed by atoms with Crippen molar-refractivity contribution in [1.29, 1.82) is 0 Å². The van der Waals surface area contributed by atoms with E-state index in [-0.39, 0.29) is 23.9 Å². The second kappa shape index (κ2) is 10.5. The molecule has 10 heteroatoms. The molecule has 2 aliphatic heterocycles. The molecule has 0 radical (unpaired) electrons. The molecule has 2 aromatic heterocycles.